The van der Waals surface area contributed by atoms with E-state index in [-0.39, 0.29) is 11.2 Å². The van der Waals surface area contributed by atoms with Crippen LogP contribution in [0, 0.1) is 0 Å². The highest BCUT2D eigenvalue weighted by molar-refractivity contribution is 8.00. The van der Waals surface area contributed by atoms with Crippen LogP contribution in [-0.2, 0) is 17.9 Å². The highest BCUT2D eigenvalue weighted by atomic mass is 32.2. The minimum absolute atomic E-state index is 0.00365. The molecular weight excluding hydrogens is 390 g/mol. The van der Waals surface area contributed by atoms with Crippen LogP contribution in [0.3, 0.4) is 0 Å². The molecule has 0 aliphatic rings. The van der Waals surface area contributed by atoms with Crippen LogP contribution in [0.5, 0.6) is 0 Å². The van der Waals surface area contributed by atoms with Crippen LogP contribution in [0.25, 0.3) is 0 Å². The molecule has 30 heavy (non-hydrogen) atoms. The molecule has 1 heterocycles. The van der Waals surface area contributed by atoms with Crippen molar-refractivity contribution in [1.29, 1.82) is 0 Å². The molecule has 0 spiro atoms. The van der Waals surface area contributed by atoms with E-state index in [9.17, 15) is 4.79 Å². The average Bonchev–Trinajstić information content (AvgIpc) is 3.31. The van der Waals surface area contributed by atoms with Gasteiger partial charge in [-0.3, -0.25) is 9.48 Å². The molecule has 0 aliphatic heterocycles. The van der Waals surface area contributed by atoms with Crippen molar-refractivity contribution >= 4 is 17.7 Å². The van der Waals surface area contributed by atoms with Gasteiger partial charge in [0.25, 0.3) is 0 Å². The van der Waals surface area contributed by atoms with Gasteiger partial charge in [-0.25, -0.2) is 0 Å². The fraction of sp³-hybridized carbons (Fsp3) is 0.120. The minimum Gasteiger partial charge on any atom is -0.351 e. The lowest BCUT2D eigenvalue weighted by atomic mass is 10.1. The molecule has 0 saturated carbocycles. The van der Waals surface area contributed by atoms with Gasteiger partial charge in [-0.05, 0) is 34.9 Å². The summed E-state index contributed by atoms with van der Waals surface area (Å²) >= 11 is 1.57. The van der Waals surface area contributed by atoms with E-state index in [1.165, 1.54) is 0 Å². The van der Waals surface area contributed by atoms with Gasteiger partial charge >= 0.3 is 0 Å². The van der Waals surface area contributed by atoms with Crippen molar-refractivity contribution in [3.05, 3.63) is 120 Å². The van der Waals surface area contributed by atoms with Crippen LogP contribution in [0.4, 0.5) is 0 Å². The Kier molecular flexibility index (Phi) is 6.62. The third-order valence-corrected chi connectivity index (χ3v) is 6.07. The molecule has 4 nitrogen and oxygen atoms in total. The molecule has 0 fully saturated rings. The third-order valence-electron chi connectivity index (χ3n) is 4.80. The summed E-state index contributed by atoms with van der Waals surface area (Å²) < 4.78 is 1.89. The van der Waals surface area contributed by atoms with Gasteiger partial charge in [0.15, 0.2) is 0 Å². The Labute approximate surface area is 181 Å². The molecule has 5 heteroatoms. The van der Waals surface area contributed by atoms with Crippen LogP contribution in [0.2, 0.25) is 0 Å². The van der Waals surface area contributed by atoms with Crippen molar-refractivity contribution < 1.29 is 4.79 Å². The number of hydrogen-bond acceptors (Lipinski definition) is 3. The van der Waals surface area contributed by atoms with E-state index in [1.807, 2.05) is 89.7 Å². The first kappa shape index (κ1) is 20.0. The first-order valence-electron chi connectivity index (χ1n) is 9.88. The number of nitrogens with zero attached hydrogens (tertiary/aromatic N) is 2. The Balaban J connectivity index is 1.49. The Hall–Kier alpha value is -3.31. The average molecular weight is 414 g/mol. The summed E-state index contributed by atoms with van der Waals surface area (Å²) in [6, 6.07) is 30.0. The van der Waals surface area contributed by atoms with Crippen molar-refractivity contribution in [2.24, 2.45) is 0 Å². The quantitative estimate of drug-likeness (QED) is 0.410. The summed E-state index contributed by atoms with van der Waals surface area (Å²) in [5.41, 5.74) is 3.24. The molecule has 150 valence electrons. The van der Waals surface area contributed by atoms with Gasteiger partial charge in [0.2, 0.25) is 5.91 Å². The predicted octanol–water partition coefficient (Wildman–Crippen LogP) is 5.08. The second-order valence-corrected chi connectivity index (χ2v) is 8.09. The first-order chi connectivity index (χ1) is 14.8. The predicted molar refractivity (Wildman–Crippen MR) is 121 cm³/mol. The van der Waals surface area contributed by atoms with Crippen molar-refractivity contribution in [2.45, 2.75) is 23.2 Å². The van der Waals surface area contributed by atoms with E-state index in [2.05, 4.69) is 22.5 Å². The molecule has 0 bridgehead atoms. The molecule has 1 N–H and O–H groups in total. The second kappa shape index (κ2) is 9.94. The maximum absolute atomic E-state index is 13.2. The zero-order valence-electron chi connectivity index (χ0n) is 16.5. The van der Waals surface area contributed by atoms with Crippen molar-refractivity contribution in [3.63, 3.8) is 0 Å². The van der Waals surface area contributed by atoms with Crippen molar-refractivity contribution in [2.75, 3.05) is 0 Å². The van der Waals surface area contributed by atoms with E-state index >= 15 is 0 Å². The monoisotopic (exact) mass is 413 g/mol. The standard InChI is InChI=1S/C25H23N3OS/c29-25(24(20-10-3-1-4-11-20)30-23-14-5-2-6-15-23)26-18-21-12-7-8-13-22(21)19-28-17-9-16-27-28/h1-17,24H,18-19H2,(H,26,29)/t24-/m0/s1. The number of carbonyl (C=O) groups excluding carboxylic acids is 1. The smallest absolute Gasteiger partial charge is 0.238 e. The van der Waals surface area contributed by atoms with Gasteiger partial charge in [-0.15, -0.1) is 11.8 Å². The number of carbonyl (C=O) groups is 1. The molecule has 4 rings (SSSR count). The minimum atomic E-state index is -0.313. The Morgan fingerprint density at radius 1 is 0.867 bits per heavy atom. The zero-order valence-corrected chi connectivity index (χ0v) is 17.3. The SMILES string of the molecule is O=C(NCc1ccccc1Cn1cccn1)[C@@H](Sc1ccccc1)c1ccccc1. The van der Waals surface area contributed by atoms with Crippen LogP contribution < -0.4 is 5.32 Å². The van der Waals surface area contributed by atoms with Gasteiger partial charge in [0, 0.05) is 23.8 Å². The third kappa shape index (κ3) is 5.19. The molecule has 0 saturated heterocycles. The molecule has 3 aromatic carbocycles. The van der Waals surface area contributed by atoms with Crippen LogP contribution in [-0.4, -0.2) is 15.7 Å². The topological polar surface area (TPSA) is 46.9 Å². The number of amides is 1. The molecule has 0 aliphatic carbocycles. The molecule has 0 radical (unpaired) electrons. The molecule has 1 aromatic heterocycles. The van der Waals surface area contributed by atoms with Gasteiger partial charge in [0.05, 0.1) is 6.54 Å². The molecule has 1 atom stereocenters. The highest BCUT2D eigenvalue weighted by Gasteiger charge is 2.22. The van der Waals surface area contributed by atoms with Crippen molar-refractivity contribution in [1.82, 2.24) is 15.1 Å². The first-order valence-corrected chi connectivity index (χ1v) is 10.8. The number of aromatic nitrogens is 2. The summed E-state index contributed by atoms with van der Waals surface area (Å²) in [5.74, 6) is 0.00365. The lowest BCUT2D eigenvalue weighted by Crippen LogP contribution is -2.28. The molecule has 1 amide bonds. The maximum atomic E-state index is 13.2. The van der Waals surface area contributed by atoms with Crippen LogP contribution in [0.15, 0.2) is 108 Å². The second-order valence-electron chi connectivity index (χ2n) is 6.91. The van der Waals surface area contributed by atoms with Crippen LogP contribution in [0.1, 0.15) is 21.9 Å². The Morgan fingerprint density at radius 2 is 1.53 bits per heavy atom. The van der Waals surface area contributed by atoms with E-state index in [0.717, 1.165) is 21.6 Å². The van der Waals surface area contributed by atoms with Gasteiger partial charge < -0.3 is 5.32 Å². The number of benzene rings is 3. The molecular formula is C25H23N3OS. The number of thioether (sulfide) groups is 1. The largest absolute Gasteiger partial charge is 0.351 e. The van der Waals surface area contributed by atoms with E-state index in [4.69, 9.17) is 0 Å². The number of rotatable bonds is 8. The van der Waals surface area contributed by atoms with Gasteiger partial charge in [-0.1, -0.05) is 72.8 Å². The van der Waals surface area contributed by atoms with E-state index < -0.39 is 0 Å². The fourth-order valence-corrected chi connectivity index (χ4v) is 4.33. The lowest BCUT2D eigenvalue weighted by Gasteiger charge is -2.18. The lowest BCUT2D eigenvalue weighted by molar-refractivity contribution is -0.120. The Bertz CT molecular complexity index is 1070. The van der Waals surface area contributed by atoms with Gasteiger partial charge in [-0.2, -0.15) is 5.10 Å². The Morgan fingerprint density at radius 3 is 2.23 bits per heavy atom. The summed E-state index contributed by atoms with van der Waals surface area (Å²) in [6.45, 7) is 1.16. The summed E-state index contributed by atoms with van der Waals surface area (Å²) in [4.78, 5) is 14.3. The summed E-state index contributed by atoms with van der Waals surface area (Å²) in [6.07, 6.45) is 3.72. The normalized spacial score (nSPS) is 11.7. The fourth-order valence-electron chi connectivity index (χ4n) is 3.26. The zero-order chi connectivity index (χ0) is 20.6. The van der Waals surface area contributed by atoms with Crippen molar-refractivity contribution in [3.8, 4) is 0 Å². The maximum Gasteiger partial charge on any atom is 0.238 e. The van der Waals surface area contributed by atoms with E-state index in [1.54, 1.807) is 18.0 Å². The van der Waals surface area contributed by atoms with Crippen LogP contribution >= 0.6 is 11.8 Å². The molecule has 0 unspecified atom stereocenters. The van der Waals surface area contributed by atoms with Gasteiger partial charge in [0.1, 0.15) is 5.25 Å². The molecule has 4 aromatic rings. The highest BCUT2D eigenvalue weighted by Crippen LogP contribution is 2.35. The summed E-state index contributed by atoms with van der Waals surface area (Å²) in [5, 5.41) is 7.12. The number of nitrogens with one attached hydrogen (secondary N) is 1. The van der Waals surface area contributed by atoms with E-state index in [0.29, 0.717) is 13.1 Å². The summed E-state index contributed by atoms with van der Waals surface area (Å²) in [7, 11) is 0. The number of hydrogen-bond donors (Lipinski definition) is 1.